The van der Waals surface area contributed by atoms with Crippen molar-refractivity contribution in [3.63, 3.8) is 0 Å². The topological polar surface area (TPSA) is 194 Å². The standard InChI is InChI=1S/C19H35N5O6/c1-6-10(4)15(24-17(27)12(20)7-9(2)3)18(28)22-11(5)16(26)23-13(19(29)30)8-14(21)25/h9-13,15H,6-8,20H2,1-5H3,(H2,21,25)(H,22,28)(H,23,26)(H,24,27)(H,29,30). The second-order valence-electron chi connectivity index (χ2n) is 7.91. The molecule has 0 rings (SSSR count). The number of hydrogen-bond donors (Lipinski definition) is 6. The Balaban J connectivity index is 5.13. The van der Waals surface area contributed by atoms with Crippen LogP contribution in [0.1, 0.15) is 53.9 Å². The van der Waals surface area contributed by atoms with Gasteiger partial charge in [-0.1, -0.05) is 34.1 Å². The third-order valence-corrected chi connectivity index (χ3v) is 4.63. The molecule has 4 amide bonds. The minimum Gasteiger partial charge on any atom is -0.480 e. The van der Waals surface area contributed by atoms with Gasteiger partial charge in [0.15, 0.2) is 0 Å². The van der Waals surface area contributed by atoms with Gasteiger partial charge in [-0.05, 0) is 25.2 Å². The molecule has 0 spiro atoms. The quantitative estimate of drug-likeness (QED) is 0.212. The van der Waals surface area contributed by atoms with E-state index in [1.807, 2.05) is 20.8 Å². The summed E-state index contributed by atoms with van der Waals surface area (Å²) in [4.78, 5) is 59.4. The first-order chi connectivity index (χ1) is 13.8. The van der Waals surface area contributed by atoms with Crippen molar-refractivity contribution in [2.75, 3.05) is 0 Å². The maximum Gasteiger partial charge on any atom is 0.326 e. The second kappa shape index (κ2) is 12.8. The van der Waals surface area contributed by atoms with Crippen molar-refractivity contribution < 1.29 is 29.1 Å². The third kappa shape index (κ3) is 9.68. The molecule has 11 nitrogen and oxygen atoms in total. The number of nitrogens with two attached hydrogens (primary N) is 2. The molecule has 0 saturated carbocycles. The number of carboxylic acids is 1. The highest BCUT2D eigenvalue weighted by Crippen LogP contribution is 2.10. The Morgan fingerprint density at radius 1 is 0.900 bits per heavy atom. The molecular weight excluding hydrogens is 394 g/mol. The van der Waals surface area contributed by atoms with Crippen molar-refractivity contribution in [2.45, 2.75) is 78.0 Å². The summed E-state index contributed by atoms with van der Waals surface area (Å²) in [6, 6.07) is -4.31. The minimum atomic E-state index is -1.51. The Bertz CT molecular complexity index is 639. The van der Waals surface area contributed by atoms with Crippen LogP contribution >= 0.6 is 0 Å². The highest BCUT2D eigenvalue weighted by Gasteiger charge is 2.31. The van der Waals surface area contributed by atoms with E-state index < -0.39 is 60.2 Å². The fraction of sp³-hybridized carbons (Fsp3) is 0.737. The molecule has 0 aromatic heterocycles. The number of hydrogen-bond acceptors (Lipinski definition) is 6. The molecular formula is C19H35N5O6. The predicted molar refractivity (Wildman–Crippen MR) is 110 cm³/mol. The first-order valence-corrected chi connectivity index (χ1v) is 9.97. The molecule has 0 aromatic rings. The number of aliphatic carboxylic acids is 1. The first kappa shape index (κ1) is 27.3. The van der Waals surface area contributed by atoms with Gasteiger partial charge in [-0.15, -0.1) is 0 Å². The van der Waals surface area contributed by atoms with Crippen molar-refractivity contribution in [1.29, 1.82) is 0 Å². The predicted octanol–water partition coefficient (Wildman–Crippen LogP) is -1.16. The van der Waals surface area contributed by atoms with Crippen LogP contribution in [-0.2, 0) is 24.0 Å². The first-order valence-electron chi connectivity index (χ1n) is 9.97. The lowest BCUT2D eigenvalue weighted by Gasteiger charge is -2.27. The number of carboxylic acid groups (broad SMARTS) is 1. The van der Waals surface area contributed by atoms with Gasteiger partial charge in [0, 0.05) is 0 Å². The Morgan fingerprint density at radius 3 is 1.90 bits per heavy atom. The molecule has 5 atom stereocenters. The van der Waals surface area contributed by atoms with Crippen LogP contribution < -0.4 is 27.4 Å². The summed E-state index contributed by atoms with van der Waals surface area (Å²) < 4.78 is 0. The maximum absolute atomic E-state index is 12.7. The minimum absolute atomic E-state index is 0.202. The SMILES string of the molecule is CCC(C)C(NC(=O)C(N)CC(C)C)C(=O)NC(C)C(=O)NC(CC(N)=O)C(=O)O. The van der Waals surface area contributed by atoms with E-state index in [-0.39, 0.29) is 11.8 Å². The summed E-state index contributed by atoms with van der Waals surface area (Å²) in [6.07, 6.45) is 0.453. The van der Waals surface area contributed by atoms with Crippen LogP contribution in [0.15, 0.2) is 0 Å². The number of nitrogens with one attached hydrogen (secondary N) is 3. The molecule has 0 radical (unpaired) electrons. The smallest absolute Gasteiger partial charge is 0.326 e. The van der Waals surface area contributed by atoms with Gasteiger partial charge in [0.1, 0.15) is 18.1 Å². The Kier molecular flexibility index (Phi) is 11.6. The van der Waals surface area contributed by atoms with Crippen LogP contribution in [0.3, 0.4) is 0 Å². The van der Waals surface area contributed by atoms with E-state index in [2.05, 4.69) is 16.0 Å². The van der Waals surface area contributed by atoms with Crippen molar-refractivity contribution in [2.24, 2.45) is 23.3 Å². The number of primary amides is 1. The normalized spacial score (nSPS) is 16.0. The molecule has 0 aliphatic carbocycles. The molecule has 0 saturated heterocycles. The zero-order valence-electron chi connectivity index (χ0n) is 18.2. The highest BCUT2D eigenvalue weighted by atomic mass is 16.4. The van der Waals surface area contributed by atoms with Gasteiger partial charge in [0.25, 0.3) is 0 Å². The van der Waals surface area contributed by atoms with Gasteiger partial charge >= 0.3 is 5.97 Å². The Labute approximate surface area is 176 Å². The van der Waals surface area contributed by atoms with Crippen LogP contribution in [0.2, 0.25) is 0 Å². The zero-order chi connectivity index (χ0) is 23.6. The number of carbonyl (C=O) groups is 5. The molecule has 0 heterocycles. The summed E-state index contributed by atoms with van der Waals surface area (Å²) in [6.45, 7) is 8.83. The summed E-state index contributed by atoms with van der Waals surface area (Å²) in [5, 5.41) is 16.3. The molecule has 11 heteroatoms. The fourth-order valence-corrected chi connectivity index (χ4v) is 2.64. The average Bonchev–Trinajstić information content (AvgIpc) is 2.63. The van der Waals surface area contributed by atoms with Crippen molar-refractivity contribution in [3.8, 4) is 0 Å². The number of rotatable bonds is 13. The van der Waals surface area contributed by atoms with E-state index in [9.17, 15) is 24.0 Å². The van der Waals surface area contributed by atoms with Crippen LogP contribution in [0.25, 0.3) is 0 Å². The van der Waals surface area contributed by atoms with E-state index >= 15 is 0 Å². The molecule has 0 aliphatic rings. The lowest BCUT2D eigenvalue weighted by atomic mass is 9.96. The maximum atomic E-state index is 12.7. The summed E-state index contributed by atoms with van der Waals surface area (Å²) in [5.41, 5.74) is 10.9. The van der Waals surface area contributed by atoms with Crippen molar-refractivity contribution >= 4 is 29.6 Å². The lowest BCUT2D eigenvalue weighted by molar-refractivity contribution is -0.143. The van der Waals surface area contributed by atoms with Crippen molar-refractivity contribution in [1.82, 2.24) is 16.0 Å². The van der Waals surface area contributed by atoms with Crippen LogP contribution in [-0.4, -0.2) is 58.9 Å². The van der Waals surface area contributed by atoms with Crippen LogP contribution in [0.4, 0.5) is 0 Å². The largest absolute Gasteiger partial charge is 0.480 e. The molecule has 172 valence electrons. The Morgan fingerprint density at radius 2 is 1.47 bits per heavy atom. The molecule has 0 aromatic carbocycles. The van der Waals surface area contributed by atoms with Crippen molar-refractivity contribution in [3.05, 3.63) is 0 Å². The molecule has 30 heavy (non-hydrogen) atoms. The van der Waals surface area contributed by atoms with Gasteiger partial charge in [-0.25, -0.2) is 4.79 Å². The number of amides is 4. The average molecular weight is 430 g/mol. The molecule has 0 bridgehead atoms. The van der Waals surface area contributed by atoms with Gasteiger partial charge in [-0.3, -0.25) is 19.2 Å². The Hall–Kier alpha value is -2.69. The molecule has 0 aliphatic heterocycles. The van der Waals surface area contributed by atoms with E-state index in [4.69, 9.17) is 16.6 Å². The lowest BCUT2D eigenvalue weighted by Crippen LogP contribution is -2.58. The van der Waals surface area contributed by atoms with E-state index in [0.717, 1.165) is 0 Å². The summed E-state index contributed by atoms with van der Waals surface area (Å²) in [5.74, 6) is -4.22. The van der Waals surface area contributed by atoms with Gasteiger partial charge < -0.3 is 32.5 Å². The van der Waals surface area contributed by atoms with E-state index in [1.165, 1.54) is 6.92 Å². The van der Waals surface area contributed by atoms with E-state index in [1.54, 1.807) is 6.92 Å². The third-order valence-electron chi connectivity index (χ3n) is 4.63. The van der Waals surface area contributed by atoms with Gasteiger partial charge in [-0.2, -0.15) is 0 Å². The number of carbonyl (C=O) groups excluding carboxylic acids is 4. The molecule has 0 fully saturated rings. The fourth-order valence-electron chi connectivity index (χ4n) is 2.64. The van der Waals surface area contributed by atoms with Crippen LogP contribution in [0, 0.1) is 11.8 Å². The molecule has 5 unspecified atom stereocenters. The monoisotopic (exact) mass is 429 g/mol. The summed E-state index contributed by atoms with van der Waals surface area (Å²) in [7, 11) is 0. The van der Waals surface area contributed by atoms with E-state index in [0.29, 0.717) is 12.8 Å². The van der Waals surface area contributed by atoms with Crippen LogP contribution in [0.5, 0.6) is 0 Å². The zero-order valence-corrected chi connectivity index (χ0v) is 18.2. The second-order valence-corrected chi connectivity index (χ2v) is 7.91. The highest BCUT2D eigenvalue weighted by molar-refractivity contribution is 5.94. The van der Waals surface area contributed by atoms with Gasteiger partial charge in [0.05, 0.1) is 12.5 Å². The van der Waals surface area contributed by atoms with Gasteiger partial charge in [0.2, 0.25) is 23.6 Å². The summed E-state index contributed by atoms with van der Waals surface area (Å²) >= 11 is 0. The molecule has 8 N–H and O–H groups in total.